The maximum atomic E-state index is 6.16. The second kappa shape index (κ2) is 5.54. The molecule has 0 amide bonds. The fraction of sp³-hybridized carbons (Fsp3) is 0.500. The van der Waals surface area contributed by atoms with Crippen LogP contribution in [0.3, 0.4) is 0 Å². The highest BCUT2D eigenvalue weighted by atomic mass is 35.5. The second-order valence-corrected chi connectivity index (χ2v) is 4.71. The molecular weight excluding hydrogens is 250 g/mol. The van der Waals surface area contributed by atoms with Gasteiger partial charge in [-0.3, -0.25) is 9.36 Å². The lowest BCUT2D eigenvalue weighted by atomic mass is 10.2. The van der Waals surface area contributed by atoms with Crippen molar-refractivity contribution in [3.8, 4) is 0 Å². The summed E-state index contributed by atoms with van der Waals surface area (Å²) in [5.41, 5.74) is 3.27. The number of rotatable bonds is 5. The van der Waals surface area contributed by atoms with Crippen LogP contribution in [0.1, 0.15) is 17.0 Å². The molecule has 2 heterocycles. The smallest absolute Gasteiger partial charge is 0.131 e. The van der Waals surface area contributed by atoms with Crippen molar-refractivity contribution in [3.63, 3.8) is 0 Å². The zero-order valence-corrected chi connectivity index (χ0v) is 11.7. The van der Waals surface area contributed by atoms with Gasteiger partial charge in [0.05, 0.1) is 5.69 Å². The zero-order valence-electron chi connectivity index (χ0n) is 10.9. The topological polar surface area (TPSA) is 47.7 Å². The van der Waals surface area contributed by atoms with Crippen LogP contribution in [-0.4, -0.2) is 26.1 Å². The fourth-order valence-corrected chi connectivity index (χ4v) is 2.19. The maximum Gasteiger partial charge on any atom is 0.131 e. The molecule has 2 aromatic rings. The van der Waals surface area contributed by atoms with Gasteiger partial charge in [0.1, 0.15) is 5.15 Å². The Morgan fingerprint density at radius 2 is 2.11 bits per heavy atom. The molecule has 0 bridgehead atoms. The number of nitrogens with one attached hydrogen (secondary N) is 1. The Morgan fingerprint density at radius 1 is 1.33 bits per heavy atom. The van der Waals surface area contributed by atoms with Crippen molar-refractivity contribution >= 4 is 11.6 Å². The minimum Gasteiger partial charge on any atom is -0.312 e. The van der Waals surface area contributed by atoms with Gasteiger partial charge in [0.25, 0.3) is 0 Å². The van der Waals surface area contributed by atoms with Crippen molar-refractivity contribution in [3.05, 3.63) is 34.4 Å². The molecule has 0 spiro atoms. The molecule has 0 saturated heterocycles. The van der Waals surface area contributed by atoms with E-state index in [2.05, 4.69) is 15.5 Å². The SMILES string of the molecule is Cc1nn(C)c(Cl)c1CNCCc1ccnn1C. The summed E-state index contributed by atoms with van der Waals surface area (Å²) in [6.45, 7) is 3.62. The van der Waals surface area contributed by atoms with Crippen molar-refractivity contribution in [2.45, 2.75) is 19.9 Å². The summed E-state index contributed by atoms with van der Waals surface area (Å²) in [4.78, 5) is 0. The van der Waals surface area contributed by atoms with E-state index in [0.717, 1.165) is 30.8 Å². The quantitative estimate of drug-likeness (QED) is 0.834. The molecule has 0 aliphatic heterocycles. The molecule has 0 atom stereocenters. The van der Waals surface area contributed by atoms with E-state index in [0.29, 0.717) is 5.15 Å². The lowest BCUT2D eigenvalue weighted by Crippen LogP contribution is -2.18. The molecule has 0 aliphatic rings. The largest absolute Gasteiger partial charge is 0.312 e. The number of hydrogen-bond acceptors (Lipinski definition) is 3. The summed E-state index contributed by atoms with van der Waals surface area (Å²) in [7, 11) is 3.81. The number of nitrogens with zero attached hydrogens (tertiary/aromatic N) is 4. The standard InChI is InChI=1S/C12H18ClN5/c1-9-11(12(13)18(3)16-9)8-14-6-4-10-5-7-15-17(10)2/h5,7,14H,4,6,8H2,1-3H3. The Morgan fingerprint density at radius 3 is 2.67 bits per heavy atom. The van der Waals surface area contributed by atoms with Crippen molar-refractivity contribution < 1.29 is 0 Å². The number of aromatic nitrogens is 4. The highest BCUT2D eigenvalue weighted by molar-refractivity contribution is 6.30. The lowest BCUT2D eigenvalue weighted by Gasteiger charge is -2.05. The van der Waals surface area contributed by atoms with E-state index in [9.17, 15) is 0 Å². The highest BCUT2D eigenvalue weighted by Crippen LogP contribution is 2.17. The molecule has 0 saturated carbocycles. The molecule has 98 valence electrons. The molecule has 0 radical (unpaired) electrons. The van der Waals surface area contributed by atoms with Gasteiger partial charge in [0.2, 0.25) is 0 Å². The summed E-state index contributed by atoms with van der Waals surface area (Å²) in [5.74, 6) is 0. The molecule has 18 heavy (non-hydrogen) atoms. The van der Waals surface area contributed by atoms with E-state index < -0.39 is 0 Å². The van der Waals surface area contributed by atoms with Crippen LogP contribution < -0.4 is 5.32 Å². The first-order valence-electron chi connectivity index (χ1n) is 5.95. The Balaban J connectivity index is 1.84. The van der Waals surface area contributed by atoms with Gasteiger partial charge in [-0.1, -0.05) is 11.6 Å². The van der Waals surface area contributed by atoms with E-state index in [4.69, 9.17) is 11.6 Å². The van der Waals surface area contributed by atoms with Crippen molar-refractivity contribution in [1.82, 2.24) is 24.9 Å². The molecule has 2 rings (SSSR count). The Labute approximate surface area is 112 Å². The van der Waals surface area contributed by atoms with Crippen LogP contribution in [0.2, 0.25) is 5.15 Å². The molecule has 1 N–H and O–H groups in total. The monoisotopic (exact) mass is 267 g/mol. The average molecular weight is 268 g/mol. The van der Waals surface area contributed by atoms with Crippen LogP contribution in [0.5, 0.6) is 0 Å². The van der Waals surface area contributed by atoms with E-state index in [1.165, 1.54) is 5.69 Å². The van der Waals surface area contributed by atoms with Crippen LogP contribution in [0.25, 0.3) is 0 Å². The third kappa shape index (κ3) is 2.73. The Bertz CT molecular complexity index is 529. The first-order valence-corrected chi connectivity index (χ1v) is 6.33. The Hall–Kier alpha value is -1.33. The third-order valence-electron chi connectivity index (χ3n) is 3.05. The minimum atomic E-state index is 0.709. The van der Waals surface area contributed by atoms with Gasteiger partial charge in [0, 0.05) is 51.1 Å². The molecule has 0 aliphatic carbocycles. The van der Waals surface area contributed by atoms with Gasteiger partial charge >= 0.3 is 0 Å². The second-order valence-electron chi connectivity index (χ2n) is 4.35. The van der Waals surface area contributed by atoms with Gasteiger partial charge in [-0.15, -0.1) is 0 Å². The fourth-order valence-electron chi connectivity index (χ4n) is 1.95. The van der Waals surface area contributed by atoms with Crippen LogP contribution in [0, 0.1) is 6.92 Å². The van der Waals surface area contributed by atoms with Gasteiger partial charge in [-0.05, 0) is 13.0 Å². The molecule has 0 fully saturated rings. The van der Waals surface area contributed by atoms with Crippen molar-refractivity contribution in [1.29, 1.82) is 0 Å². The minimum absolute atomic E-state index is 0.709. The van der Waals surface area contributed by atoms with E-state index in [1.807, 2.05) is 38.0 Å². The summed E-state index contributed by atoms with van der Waals surface area (Å²) >= 11 is 6.16. The van der Waals surface area contributed by atoms with Crippen LogP contribution in [-0.2, 0) is 27.1 Å². The summed E-state index contributed by atoms with van der Waals surface area (Å²) in [5, 5.41) is 12.5. The molecular formula is C12H18ClN5. The predicted octanol–water partition coefficient (Wildman–Crippen LogP) is 1.45. The van der Waals surface area contributed by atoms with Gasteiger partial charge in [0.15, 0.2) is 0 Å². The predicted molar refractivity (Wildman–Crippen MR) is 71.6 cm³/mol. The van der Waals surface area contributed by atoms with Gasteiger partial charge in [-0.25, -0.2) is 0 Å². The summed E-state index contributed by atoms with van der Waals surface area (Å²) in [6.07, 6.45) is 2.77. The lowest BCUT2D eigenvalue weighted by molar-refractivity contribution is 0.642. The van der Waals surface area contributed by atoms with Crippen LogP contribution >= 0.6 is 11.6 Å². The normalized spacial score (nSPS) is 11.1. The van der Waals surface area contributed by atoms with E-state index in [1.54, 1.807) is 4.68 Å². The van der Waals surface area contributed by atoms with E-state index in [-0.39, 0.29) is 0 Å². The van der Waals surface area contributed by atoms with Gasteiger partial charge < -0.3 is 5.32 Å². The van der Waals surface area contributed by atoms with E-state index >= 15 is 0 Å². The molecule has 5 nitrogen and oxygen atoms in total. The zero-order chi connectivity index (χ0) is 13.1. The number of halogens is 1. The van der Waals surface area contributed by atoms with Crippen LogP contribution in [0.15, 0.2) is 12.3 Å². The van der Waals surface area contributed by atoms with Crippen molar-refractivity contribution in [2.75, 3.05) is 6.54 Å². The highest BCUT2D eigenvalue weighted by Gasteiger charge is 2.10. The Kier molecular flexibility index (Phi) is 4.04. The van der Waals surface area contributed by atoms with Crippen molar-refractivity contribution in [2.24, 2.45) is 14.1 Å². The first-order chi connectivity index (χ1) is 8.59. The molecule has 0 unspecified atom stereocenters. The molecule has 6 heteroatoms. The van der Waals surface area contributed by atoms with Crippen LogP contribution in [0.4, 0.5) is 0 Å². The maximum absolute atomic E-state index is 6.16. The average Bonchev–Trinajstić information content (AvgIpc) is 2.83. The third-order valence-corrected chi connectivity index (χ3v) is 3.52. The summed E-state index contributed by atoms with van der Waals surface area (Å²) < 4.78 is 3.60. The molecule has 0 aromatic carbocycles. The first kappa shape index (κ1) is 13.1. The molecule has 2 aromatic heterocycles. The summed E-state index contributed by atoms with van der Waals surface area (Å²) in [6, 6.07) is 2.03. The number of aryl methyl sites for hydroxylation is 3. The number of hydrogen-bond donors (Lipinski definition) is 1. The van der Waals surface area contributed by atoms with Gasteiger partial charge in [-0.2, -0.15) is 10.2 Å².